The topological polar surface area (TPSA) is 132 Å². The summed E-state index contributed by atoms with van der Waals surface area (Å²) in [5.74, 6) is 1.00. The van der Waals surface area contributed by atoms with Crippen LogP contribution in [-0.2, 0) is 24.1 Å². The highest BCUT2D eigenvalue weighted by atomic mass is 16.5. The molecule has 2 aromatic heterocycles. The van der Waals surface area contributed by atoms with E-state index in [-0.39, 0.29) is 11.5 Å². The van der Waals surface area contributed by atoms with Crippen LogP contribution in [0.4, 0.5) is 5.82 Å². The van der Waals surface area contributed by atoms with E-state index in [9.17, 15) is 10.2 Å². The highest BCUT2D eigenvalue weighted by Gasteiger charge is 2.19. The number of nitrogen functional groups attached to an aromatic ring is 1. The number of aromatic nitrogens is 3. The van der Waals surface area contributed by atoms with Crippen LogP contribution < -0.4 is 11.5 Å². The molecule has 0 aliphatic carbocycles. The van der Waals surface area contributed by atoms with Crippen molar-refractivity contribution in [1.82, 2.24) is 14.5 Å². The average Bonchev–Trinajstić information content (AvgIpc) is 3.17. The van der Waals surface area contributed by atoms with Crippen LogP contribution in [-0.4, -0.2) is 44.5 Å². The number of phenols is 2. The number of ether oxygens (including phenoxy) is 1. The van der Waals surface area contributed by atoms with Crippen LogP contribution in [0, 0.1) is 0 Å². The van der Waals surface area contributed by atoms with E-state index in [0.717, 1.165) is 53.5 Å². The molecule has 0 saturated heterocycles. The Hall–Kier alpha value is -3.36. The van der Waals surface area contributed by atoms with Crippen molar-refractivity contribution in [3.05, 3.63) is 53.3 Å². The number of hydrogen-bond acceptors (Lipinski definition) is 7. The lowest BCUT2D eigenvalue weighted by atomic mass is 10.1. The summed E-state index contributed by atoms with van der Waals surface area (Å²) in [5.41, 5.74) is 15.9. The summed E-state index contributed by atoms with van der Waals surface area (Å²) in [6.07, 6.45) is 3.54. The number of anilines is 1. The zero-order chi connectivity index (χ0) is 23.4. The van der Waals surface area contributed by atoms with Gasteiger partial charge < -0.3 is 31.0 Å². The molecular formula is C25H31N5O3. The number of phenolic OH excluding ortho intramolecular Hbond substituents is 2. The summed E-state index contributed by atoms with van der Waals surface area (Å²) in [4.78, 5) is 9.45. The smallest absolute Gasteiger partial charge is 0.162 e. The van der Waals surface area contributed by atoms with Gasteiger partial charge in [-0.25, -0.2) is 9.97 Å². The monoisotopic (exact) mass is 449 g/mol. The summed E-state index contributed by atoms with van der Waals surface area (Å²) in [7, 11) is 0. The van der Waals surface area contributed by atoms with Crippen LogP contribution in [0.25, 0.3) is 21.9 Å². The Morgan fingerprint density at radius 3 is 2.70 bits per heavy atom. The van der Waals surface area contributed by atoms with Crippen molar-refractivity contribution in [3.63, 3.8) is 0 Å². The van der Waals surface area contributed by atoms with Gasteiger partial charge >= 0.3 is 0 Å². The maximum Gasteiger partial charge on any atom is 0.162 e. The van der Waals surface area contributed by atoms with E-state index in [1.807, 2.05) is 12.1 Å². The summed E-state index contributed by atoms with van der Waals surface area (Å²) >= 11 is 0. The molecule has 0 atom stereocenters. The third kappa shape index (κ3) is 4.72. The molecule has 0 bridgehead atoms. The van der Waals surface area contributed by atoms with E-state index >= 15 is 0 Å². The molecular weight excluding hydrogens is 418 g/mol. The van der Waals surface area contributed by atoms with Crippen LogP contribution in [0.1, 0.15) is 36.7 Å². The third-order valence-electron chi connectivity index (χ3n) is 5.82. The zero-order valence-corrected chi connectivity index (χ0v) is 18.9. The Kier molecular flexibility index (Phi) is 6.96. The largest absolute Gasteiger partial charge is 0.504 e. The second-order valence-corrected chi connectivity index (χ2v) is 8.20. The molecule has 2 heterocycles. The summed E-state index contributed by atoms with van der Waals surface area (Å²) in [6, 6.07) is 11.1. The molecule has 8 nitrogen and oxygen atoms in total. The lowest BCUT2D eigenvalue weighted by Gasteiger charge is -2.13. The molecule has 0 aliphatic rings. The van der Waals surface area contributed by atoms with Crippen molar-refractivity contribution in [2.45, 2.75) is 39.2 Å². The first-order valence-corrected chi connectivity index (χ1v) is 11.4. The van der Waals surface area contributed by atoms with Gasteiger partial charge in [0.1, 0.15) is 11.3 Å². The summed E-state index contributed by atoms with van der Waals surface area (Å²) < 4.78 is 7.64. The summed E-state index contributed by atoms with van der Waals surface area (Å²) in [5, 5.41) is 21.4. The number of pyridine rings is 1. The predicted molar refractivity (Wildman–Crippen MR) is 131 cm³/mol. The number of para-hydroxylation sites is 1. The van der Waals surface area contributed by atoms with Gasteiger partial charge in [-0.2, -0.15) is 0 Å². The molecule has 33 heavy (non-hydrogen) atoms. The van der Waals surface area contributed by atoms with Gasteiger partial charge in [0.2, 0.25) is 0 Å². The summed E-state index contributed by atoms with van der Waals surface area (Å²) in [6.45, 7) is 4.13. The lowest BCUT2D eigenvalue weighted by Crippen LogP contribution is -2.10. The number of nitrogens with two attached hydrogens (primary N) is 2. The predicted octanol–water partition coefficient (Wildman–Crippen LogP) is 3.49. The van der Waals surface area contributed by atoms with Gasteiger partial charge in [-0.05, 0) is 36.6 Å². The Morgan fingerprint density at radius 1 is 1.06 bits per heavy atom. The Labute approximate surface area is 192 Å². The molecule has 4 aromatic rings. The molecule has 0 amide bonds. The second-order valence-electron chi connectivity index (χ2n) is 8.20. The van der Waals surface area contributed by atoms with E-state index in [2.05, 4.69) is 22.5 Å². The number of aryl methyl sites for hydroxylation is 1. The zero-order valence-electron chi connectivity index (χ0n) is 18.9. The van der Waals surface area contributed by atoms with E-state index < -0.39 is 0 Å². The molecule has 2 aromatic carbocycles. The van der Waals surface area contributed by atoms with Crippen LogP contribution >= 0.6 is 0 Å². The maximum atomic E-state index is 10.4. The fraction of sp³-hybridized carbons (Fsp3) is 0.360. The van der Waals surface area contributed by atoms with E-state index in [0.29, 0.717) is 43.2 Å². The Balaban J connectivity index is 1.87. The van der Waals surface area contributed by atoms with Crippen molar-refractivity contribution in [2.75, 3.05) is 25.5 Å². The number of benzene rings is 2. The van der Waals surface area contributed by atoms with E-state index in [4.69, 9.17) is 21.2 Å². The van der Waals surface area contributed by atoms with Crippen molar-refractivity contribution < 1.29 is 14.9 Å². The quantitative estimate of drug-likeness (QED) is 0.215. The molecule has 6 N–H and O–H groups in total. The molecule has 174 valence electrons. The molecule has 0 spiro atoms. The van der Waals surface area contributed by atoms with Gasteiger partial charge in [0.15, 0.2) is 17.3 Å². The van der Waals surface area contributed by atoms with Gasteiger partial charge in [0.25, 0.3) is 0 Å². The number of aromatic hydroxyl groups is 2. The molecule has 8 heteroatoms. The molecule has 0 saturated carbocycles. The van der Waals surface area contributed by atoms with E-state index in [1.54, 1.807) is 12.1 Å². The van der Waals surface area contributed by atoms with E-state index in [1.165, 1.54) is 6.07 Å². The highest BCUT2D eigenvalue weighted by Crippen LogP contribution is 2.34. The Bertz CT molecular complexity index is 1270. The first kappa shape index (κ1) is 22.8. The minimum absolute atomic E-state index is 0.120. The first-order valence-electron chi connectivity index (χ1n) is 11.4. The number of imidazole rings is 1. The first-order chi connectivity index (χ1) is 16.0. The number of nitrogens with zero attached hydrogens (tertiary/aromatic N) is 3. The molecule has 4 rings (SSSR count). The fourth-order valence-corrected chi connectivity index (χ4v) is 4.11. The molecule has 0 radical (unpaired) electrons. The second kappa shape index (κ2) is 10.1. The average molecular weight is 450 g/mol. The van der Waals surface area contributed by atoms with Crippen LogP contribution in [0.2, 0.25) is 0 Å². The molecule has 0 aliphatic heterocycles. The SMILES string of the molecule is CCCCc1nc2c(N)nc3ccc(CCOCCN)cc3c2n1Cc1cccc(O)c1O. The minimum atomic E-state index is -0.141. The van der Waals surface area contributed by atoms with Gasteiger partial charge in [-0.1, -0.05) is 31.5 Å². The minimum Gasteiger partial charge on any atom is -0.504 e. The van der Waals surface area contributed by atoms with Crippen molar-refractivity contribution in [2.24, 2.45) is 5.73 Å². The number of fused-ring (bicyclic) bond motifs is 3. The van der Waals surface area contributed by atoms with Crippen LogP contribution in [0.3, 0.4) is 0 Å². The van der Waals surface area contributed by atoms with Crippen LogP contribution in [0.15, 0.2) is 36.4 Å². The third-order valence-corrected chi connectivity index (χ3v) is 5.82. The van der Waals surface area contributed by atoms with Crippen molar-refractivity contribution in [1.29, 1.82) is 0 Å². The fourth-order valence-electron chi connectivity index (χ4n) is 4.11. The van der Waals surface area contributed by atoms with Gasteiger partial charge in [0.05, 0.1) is 30.8 Å². The number of rotatable bonds is 10. The van der Waals surface area contributed by atoms with Crippen molar-refractivity contribution >= 4 is 27.8 Å². The maximum absolute atomic E-state index is 10.4. The van der Waals surface area contributed by atoms with Gasteiger partial charge in [-0.15, -0.1) is 0 Å². The lowest BCUT2D eigenvalue weighted by molar-refractivity contribution is 0.145. The molecule has 0 unspecified atom stereocenters. The van der Waals surface area contributed by atoms with Crippen LogP contribution in [0.5, 0.6) is 11.5 Å². The number of unbranched alkanes of at least 4 members (excludes halogenated alkanes) is 1. The van der Waals surface area contributed by atoms with Gasteiger partial charge in [0, 0.05) is 23.9 Å². The highest BCUT2D eigenvalue weighted by molar-refractivity contribution is 6.06. The standard InChI is InChI=1S/C25H31N5O3/c1-2-3-7-21-29-22-23(30(21)15-17-5-4-6-20(31)24(17)32)18-14-16(10-12-33-13-11-26)8-9-19(18)28-25(22)27/h4-6,8-9,14,31-32H,2-3,7,10-13,15,26H2,1H3,(H2,27,28). The number of hydrogen-bond donors (Lipinski definition) is 4. The normalized spacial score (nSPS) is 11.6. The van der Waals surface area contributed by atoms with Crippen molar-refractivity contribution in [3.8, 4) is 11.5 Å². The Morgan fingerprint density at radius 2 is 1.91 bits per heavy atom. The van der Waals surface area contributed by atoms with Gasteiger partial charge in [-0.3, -0.25) is 0 Å². The molecule has 0 fully saturated rings.